The monoisotopic (exact) mass is 380 g/mol. The molecule has 0 bridgehead atoms. The van der Waals surface area contributed by atoms with Gasteiger partial charge in [0.2, 0.25) is 5.91 Å². The maximum absolute atomic E-state index is 12.0. The number of carbonyl (C=O) groups is 2. The summed E-state index contributed by atoms with van der Waals surface area (Å²) in [6.45, 7) is 5.11. The predicted octanol–water partition coefficient (Wildman–Crippen LogP) is 3.88. The van der Waals surface area contributed by atoms with E-state index in [1.54, 1.807) is 32.9 Å². The number of anilines is 2. The molecule has 0 unspecified atom stereocenters. The van der Waals surface area contributed by atoms with Crippen molar-refractivity contribution in [1.82, 2.24) is 10.3 Å². The van der Waals surface area contributed by atoms with Gasteiger partial charge < -0.3 is 26.1 Å². The SMILES string of the molecule is CC(C)(C)OC(=O)NCC(=O)Nc1ccc(-c2cc3cc(N)ccc3[nH]2)cc1. The maximum atomic E-state index is 12.0. The zero-order valence-corrected chi connectivity index (χ0v) is 16.1. The molecule has 1 aromatic heterocycles. The molecule has 0 aliphatic rings. The number of nitrogens with two attached hydrogens (primary N) is 1. The highest BCUT2D eigenvalue weighted by Crippen LogP contribution is 2.26. The minimum atomic E-state index is -0.627. The van der Waals surface area contributed by atoms with E-state index >= 15 is 0 Å². The fraction of sp³-hybridized carbons (Fsp3) is 0.238. The van der Waals surface area contributed by atoms with Gasteiger partial charge in [-0.05, 0) is 62.7 Å². The van der Waals surface area contributed by atoms with Crippen LogP contribution in [0.25, 0.3) is 22.2 Å². The number of hydrogen-bond acceptors (Lipinski definition) is 4. The lowest BCUT2D eigenvalue weighted by molar-refractivity contribution is -0.115. The number of benzene rings is 2. The average molecular weight is 380 g/mol. The Bertz CT molecular complexity index is 1000. The number of ether oxygens (including phenoxy) is 1. The Morgan fingerprint density at radius 2 is 1.79 bits per heavy atom. The Hall–Kier alpha value is -3.48. The van der Waals surface area contributed by atoms with Crippen molar-refractivity contribution < 1.29 is 14.3 Å². The first kappa shape index (κ1) is 19.3. The van der Waals surface area contributed by atoms with Crippen LogP contribution in [0.1, 0.15) is 20.8 Å². The largest absolute Gasteiger partial charge is 0.444 e. The predicted molar refractivity (Wildman–Crippen MR) is 111 cm³/mol. The first-order valence-corrected chi connectivity index (χ1v) is 8.95. The molecule has 0 radical (unpaired) electrons. The molecule has 0 saturated heterocycles. The molecule has 3 rings (SSSR count). The second-order valence-corrected chi connectivity index (χ2v) is 7.51. The number of alkyl carbamates (subject to hydrolysis) is 1. The highest BCUT2D eigenvalue weighted by Gasteiger charge is 2.16. The molecule has 0 saturated carbocycles. The Balaban J connectivity index is 1.59. The van der Waals surface area contributed by atoms with Crippen LogP contribution in [0.4, 0.5) is 16.2 Å². The molecular formula is C21H24N4O3. The zero-order chi connectivity index (χ0) is 20.3. The van der Waals surface area contributed by atoms with Gasteiger partial charge in [0.25, 0.3) is 0 Å². The van der Waals surface area contributed by atoms with Crippen molar-refractivity contribution in [2.75, 3.05) is 17.6 Å². The molecule has 7 heteroatoms. The lowest BCUT2D eigenvalue weighted by Crippen LogP contribution is -2.37. The summed E-state index contributed by atoms with van der Waals surface area (Å²) in [6.07, 6.45) is -0.627. The number of H-pyrrole nitrogens is 1. The molecule has 0 spiro atoms. The van der Waals surface area contributed by atoms with E-state index in [4.69, 9.17) is 10.5 Å². The Labute approximate surface area is 163 Å². The second-order valence-electron chi connectivity index (χ2n) is 7.51. The van der Waals surface area contributed by atoms with Gasteiger partial charge in [0.1, 0.15) is 12.1 Å². The van der Waals surface area contributed by atoms with Crippen LogP contribution in [-0.4, -0.2) is 29.1 Å². The van der Waals surface area contributed by atoms with Gasteiger partial charge in [0, 0.05) is 28.0 Å². The molecule has 28 heavy (non-hydrogen) atoms. The maximum Gasteiger partial charge on any atom is 0.408 e. The average Bonchev–Trinajstić information content (AvgIpc) is 3.02. The Morgan fingerprint density at radius 1 is 1.07 bits per heavy atom. The third-order valence-corrected chi connectivity index (χ3v) is 3.92. The lowest BCUT2D eigenvalue weighted by Gasteiger charge is -2.19. The van der Waals surface area contributed by atoms with E-state index in [1.165, 1.54) is 0 Å². The van der Waals surface area contributed by atoms with Crippen LogP contribution >= 0.6 is 0 Å². The van der Waals surface area contributed by atoms with Crippen molar-refractivity contribution in [3.05, 3.63) is 48.5 Å². The van der Waals surface area contributed by atoms with Crippen molar-refractivity contribution in [2.24, 2.45) is 0 Å². The number of rotatable bonds is 4. The zero-order valence-electron chi connectivity index (χ0n) is 16.1. The van der Waals surface area contributed by atoms with E-state index in [0.29, 0.717) is 5.69 Å². The lowest BCUT2D eigenvalue weighted by atomic mass is 10.1. The molecule has 0 aliphatic heterocycles. The summed E-state index contributed by atoms with van der Waals surface area (Å²) in [4.78, 5) is 26.9. The van der Waals surface area contributed by atoms with E-state index in [9.17, 15) is 9.59 Å². The van der Waals surface area contributed by atoms with Gasteiger partial charge >= 0.3 is 6.09 Å². The van der Waals surface area contributed by atoms with Gasteiger partial charge in [-0.2, -0.15) is 0 Å². The first-order chi connectivity index (χ1) is 13.2. The molecule has 2 aromatic carbocycles. The summed E-state index contributed by atoms with van der Waals surface area (Å²) >= 11 is 0. The number of nitrogens with one attached hydrogen (secondary N) is 3. The standard InChI is InChI=1S/C21H24N4O3/c1-21(2,3)28-20(27)23-12-19(26)24-16-7-4-13(5-8-16)18-11-14-10-15(22)6-9-17(14)25-18/h4-11,25H,12,22H2,1-3H3,(H,23,27)(H,24,26). The van der Waals surface area contributed by atoms with Crippen molar-refractivity contribution in [1.29, 1.82) is 0 Å². The summed E-state index contributed by atoms with van der Waals surface area (Å²) in [7, 11) is 0. The number of carbonyl (C=O) groups excluding carboxylic acids is 2. The summed E-state index contributed by atoms with van der Waals surface area (Å²) in [5.41, 5.74) is 9.53. The fourth-order valence-corrected chi connectivity index (χ4v) is 2.71. The number of aromatic amines is 1. The molecule has 3 aromatic rings. The number of nitrogen functional groups attached to an aromatic ring is 1. The van der Waals surface area contributed by atoms with Gasteiger partial charge in [-0.1, -0.05) is 12.1 Å². The summed E-state index contributed by atoms with van der Waals surface area (Å²) in [5, 5.41) is 6.21. The van der Waals surface area contributed by atoms with Crippen molar-refractivity contribution >= 4 is 34.3 Å². The highest BCUT2D eigenvalue weighted by atomic mass is 16.6. The minimum Gasteiger partial charge on any atom is -0.444 e. The molecule has 146 valence electrons. The number of hydrogen-bond donors (Lipinski definition) is 4. The third-order valence-electron chi connectivity index (χ3n) is 3.92. The van der Waals surface area contributed by atoms with Crippen molar-refractivity contribution in [3.8, 4) is 11.3 Å². The van der Waals surface area contributed by atoms with E-state index < -0.39 is 11.7 Å². The van der Waals surface area contributed by atoms with E-state index in [-0.39, 0.29) is 12.5 Å². The van der Waals surface area contributed by atoms with Crippen LogP contribution in [0.3, 0.4) is 0 Å². The van der Waals surface area contributed by atoms with Crippen LogP contribution < -0.4 is 16.4 Å². The summed E-state index contributed by atoms with van der Waals surface area (Å²) in [5.74, 6) is -0.334. The third kappa shape index (κ3) is 5.03. The number of amides is 2. The molecule has 0 atom stereocenters. The Morgan fingerprint density at radius 3 is 2.46 bits per heavy atom. The smallest absolute Gasteiger partial charge is 0.408 e. The molecule has 7 nitrogen and oxygen atoms in total. The van der Waals surface area contributed by atoms with E-state index in [2.05, 4.69) is 15.6 Å². The van der Waals surface area contributed by atoms with Gasteiger partial charge in [-0.3, -0.25) is 4.79 Å². The molecule has 0 aliphatic carbocycles. The number of aromatic nitrogens is 1. The highest BCUT2D eigenvalue weighted by molar-refractivity contribution is 5.94. The molecule has 2 amide bonds. The van der Waals surface area contributed by atoms with Crippen LogP contribution in [0.2, 0.25) is 0 Å². The van der Waals surface area contributed by atoms with Gasteiger partial charge in [0.05, 0.1) is 0 Å². The van der Waals surface area contributed by atoms with Crippen LogP contribution in [-0.2, 0) is 9.53 Å². The quantitative estimate of drug-likeness (QED) is 0.515. The van der Waals surface area contributed by atoms with Crippen LogP contribution in [0, 0.1) is 0 Å². The van der Waals surface area contributed by atoms with Crippen molar-refractivity contribution in [3.63, 3.8) is 0 Å². The van der Waals surface area contributed by atoms with E-state index in [1.807, 2.05) is 36.4 Å². The van der Waals surface area contributed by atoms with Crippen LogP contribution in [0.5, 0.6) is 0 Å². The minimum absolute atomic E-state index is 0.167. The van der Waals surface area contributed by atoms with Crippen molar-refractivity contribution in [2.45, 2.75) is 26.4 Å². The van der Waals surface area contributed by atoms with Gasteiger partial charge in [-0.15, -0.1) is 0 Å². The van der Waals surface area contributed by atoms with E-state index in [0.717, 1.165) is 27.8 Å². The summed E-state index contributed by atoms with van der Waals surface area (Å²) in [6, 6.07) is 15.2. The molecule has 0 fully saturated rings. The normalized spacial score (nSPS) is 11.2. The fourth-order valence-electron chi connectivity index (χ4n) is 2.71. The summed E-state index contributed by atoms with van der Waals surface area (Å²) < 4.78 is 5.09. The van der Waals surface area contributed by atoms with Gasteiger partial charge in [-0.25, -0.2) is 4.79 Å². The molecular weight excluding hydrogens is 356 g/mol. The second kappa shape index (κ2) is 7.64. The number of fused-ring (bicyclic) bond motifs is 1. The van der Waals surface area contributed by atoms with Gasteiger partial charge in [0.15, 0.2) is 0 Å². The topological polar surface area (TPSA) is 109 Å². The van der Waals surface area contributed by atoms with Crippen LogP contribution in [0.15, 0.2) is 48.5 Å². The molecule has 5 N–H and O–H groups in total. The Kier molecular flexibility index (Phi) is 5.26. The molecule has 1 heterocycles. The first-order valence-electron chi connectivity index (χ1n) is 8.95.